The smallest absolute Gasteiger partial charge is 0.243 e. The average Bonchev–Trinajstić information content (AvgIpc) is 2.77. The first-order valence-corrected chi connectivity index (χ1v) is 12.6. The van der Waals surface area contributed by atoms with E-state index < -0.39 is 28.5 Å². The molecule has 0 fully saturated rings. The molecular weight excluding hydrogens is 462 g/mol. The molecule has 2 aromatic rings. The van der Waals surface area contributed by atoms with Gasteiger partial charge in [0.05, 0.1) is 11.4 Å². The van der Waals surface area contributed by atoms with Crippen LogP contribution in [0.4, 0.5) is 0 Å². The maximum absolute atomic E-state index is 13.3. The first kappa shape index (κ1) is 26.8. The normalized spacial score (nSPS) is 13.4. The zero-order chi connectivity index (χ0) is 24.8. The van der Waals surface area contributed by atoms with Crippen LogP contribution in [0.15, 0.2) is 53.4 Å². The highest BCUT2D eigenvalue weighted by molar-refractivity contribution is 7.89. The summed E-state index contributed by atoms with van der Waals surface area (Å²) in [5.74, 6) is -0.753. The summed E-state index contributed by atoms with van der Waals surface area (Å²) in [4.78, 5) is 27.6. The van der Waals surface area contributed by atoms with Crippen molar-refractivity contribution in [3.8, 4) is 0 Å². The quantitative estimate of drug-likeness (QED) is 0.547. The molecule has 7 nitrogen and oxygen atoms in total. The molecule has 9 heteroatoms. The van der Waals surface area contributed by atoms with E-state index in [2.05, 4.69) is 5.32 Å². The number of sulfonamides is 1. The summed E-state index contributed by atoms with van der Waals surface area (Å²) < 4.78 is 26.8. The Morgan fingerprint density at radius 1 is 1.09 bits per heavy atom. The van der Waals surface area contributed by atoms with E-state index in [1.165, 1.54) is 36.2 Å². The topological polar surface area (TPSA) is 86.8 Å². The van der Waals surface area contributed by atoms with Gasteiger partial charge in [-0.05, 0) is 57.0 Å². The van der Waals surface area contributed by atoms with Crippen LogP contribution in [0.25, 0.3) is 0 Å². The first-order chi connectivity index (χ1) is 15.4. The van der Waals surface area contributed by atoms with E-state index in [-0.39, 0.29) is 23.4 Å². The fraction of sp³-hybridized carbons (Fsp3) is 0.417. The molecule has 2 atom stereocenters. The Morgan fingerprint density at radius 3 is 2.30 bits per heavy atom. The van der Waals surface area contributed by atoms with Gasteiger partial charge in [-0.1, -0.05) is 48.4 Å². The highest BCUT2D eigenvalue weighted by Gasteiger charge is 2.30. The number of amides is 2. The van der Waals surface area contributed by atoms with Crippen molar-refractivity contribution in [3.05, 3.63) is 64.7 Å². The summed E-state index contributed by atoms with van der Waals surface area (Å²) >= 11 is 5.86. The Hall–Kier alpha value is -2.42. The van der Waals surface area contributed by atoms with E-state index in [1.807, 2.05) is 45.0 Å². The molecule has 0 radical (unpaired) electrons. The summed E-state index contributed by atoms with van der Waals surface area (Å²) in [7, 11) is -2.56. The number of aryl methyl sites for hydroxylation is 1. The van der Waals surface area contributed by atoms with Crippen LogP contribution in [0.2, 0.25) is 5.02 Å². The lowest BCUT2D eigenvalue weighted by Crippen LogP contribution is -2.51. The Labute approximate surface area is 201 Å². The van der Waals surface area contributed by atoms with Gasteiger partial charge in [0, 0.05) is 24.7 Å². The number of rotatable bonds is 10. The molecule has 0 unspecified atom stereocenters. The van der Waals surface area contributed by atoms with Crippen LogP contribution in [-0.2, 0) is 26.2 Å². The van der Waals surface area contributed by atoms with Crippen LogP contribution in [-0.4, -0.2) is 55.1 Å². The van der Waals surface area contributed by atoms with Crippen molar-refractivity contribution >= 4 is 33.4 Å². The number of nitrogens with zero attached hydrogens (tertiary/aromatic N) is 2. The van der Waals surface area contributed by atoms with Gasteiger partial charge >= 0.3 is 0 Å². The molecule has 0 aromatic heterocycles. The second-order valence-electron chi connectivity index (χ2n) is 8.22. The maximum atomic E-state index is 13.3. The van der Waals surface area contributed by atoms with Crippen LogP contribution in [0.5, 0.6) is 0 Å². The van der Waals surface area contributed by atoms with E-state index in [1.54, 1.807) is 6.92 Å². The molecule has 2 amide bonds. The molecule has 1 N–H and O–H groups in total. The number of likely N-dealkylation sites (N-methyl/N-ethyl adjacent to an activating group) is 1. The van der Waals surface area contributed by atoms with Crippen LogP contribution in [0.1, 0.15) is 38.3 Å². The highest BCUT2D eigenvalue weighted by atomic mass is 35.5. The fourth-order valence-corrected chi connectivity index (χ4v) is 4.45. The summed E-state index contributed by atoms with van der Waals surface area (Å²) in [5.41, 5.74) is 1.88. The predicted octanol–water partition coefficient (Wildman–Crippen LogP) is 3.60. The fourth-order valence-electron chi connectivity index (χ4n) is 3.21. The lowest BCUT2D eigenvalue weighted by atomic mass is 10.1. The molecule has 0 saturated carbocycles. The number of carbonyl (C=O) groups is 2. The second-order valence-corrected chi connectivity index (χ2v) is 10.7. The largest absolute Gasteiger partial charge is 0.352 e. The predicted molar refractivity (Wildman–Crippen MR) is 130 cm³/mol. The molecule has 0 bridgehead atoms. The summed E-state index contributed by atoms with van der Waals surface area (Å²) in [6.45, 7) is 7.23. The minimum Gasteiger partial charge on any atom is -0.352 e. The van der Waals surface area contributed by atoms with Crippen LogP contribution >= 0.6 is 11.6 Å². The molecule has 2 aromatic carbocycles. The maximum Gasteiger partial charge on any atom is 0.243 e. The van der Waals surface area contributed by atoms with Gasteiger partial charge in [0.2, 0.25) is 21.8 Å². The van der Waals surface area contributed by atoms with Gasteiger partial charge in [-0.25, -0.2) is 8.42 Å². The molecule has 33 heavy (non-hydrogen) atoms. The number of hydrogen-bond donors (Lipinski definition) is 1. The van der Waals surface area contributed by atoms with Crippen molar-refractivity contribution in [1.29, 1.82) is 0 Å². The minimum atomic E-state index is -3.91. The van der Waals surface area contributed by atoms with Gasteiger partial charge in [0.1, 0.15) is 6.04 Å². The third kappa shape index (κ3) is 7.28. The SMILES string of the molecule is CC[C@H](C)NC(=O)[C@H](C)N(Cc1cccc(C)c1)C(=O)CN(C)S(=O)(=O)c1ccc(Cl)cc1. The Balaban J connectivity index is 2.27. The Kier molecular flexibility index (Phi) is 9.46. The van der Waals surface area contributed by atoms with Gasteiger partial charge in [-0.15, -0.1) is 0 Å². The second kappa shape index (κ2) is 11.6. The average molecular weight is 494 g/mol. The minimum absolute atomic E-state index is 0.0370. The third-order valence-corrected chi connectivity index (χ3v) is 7.55. The van der Waals surface area contributed by atoms with Crippen LogP contribution in [0.3, 0.4) is 0 Å². The number of halogens is 1. The van der Waals surface area contributed by atoms with Crippen molar-refractivity contribution in [3.63, 3.8) is 0 Å². The molecule has 0 saturated heterocycles. The molecule has 0 spiro atoms. The van der Waals surface area contributed by atoms with Crippen molar-refractivity contribution in [2.75, 3.05) is 13.6 Å². The number of hydrogen-bond acceptors (Lipinski definition) is 4. The molecular formula is C24H32ClN3O4S. The van der Waals surface area contributed by atoms with Gasteiger partial charge < -0.3 is 10.2 Å². The van der Waals surface area contributed by atoms with E-state index in [0.717, 1.165) is 21.9 Å². The standard InChI is InChI=1S/C24H32ClN3O4S/c1-6-18(3)26-24(30)19(4)28(15-20-9-7-8-17(2)14-20)23(29)16-27(5)33(31,32)22-12-10-21(25)11-13-22/h7-14,18-19H,6,15-16H2,1-5H3,(H,26,30)/t18-,19-/m0/s1. The lowest BCUT2D eigenvalue weighted by molar-refractivity contribution is -0.140. The summed E-state index contributed by atoms with van der Waals surface area (Å²) in [5, 5.41) is 3.31. The summed E-state index contributed by atoms with van der Waals surface area (Å²) in [6.07, 6.45) is 0.756. The van der Waals surface area contributed by atoms with Gasteiger partial charge in [0.15, 0.2) is 0 Å². The first-order valence-electron chi connectivity index (χ1n) is 10.8. The highest BCUT2D eigenvalue weighted by Crippen LogP contribution is 2.18. The summed E-state index contributed by atoms with van der Waals surface area (Å²) in [6, 6.07) is 12.6. The van der Waals surface area contributed by atoms with Gasteiger partial charge in [-0.3, -0.25) is 9.59 Å². The lowest BCUT2D eigenvalue weighted by Gasteiger charge is -2.31. The molecule has 2 rings (SSSR count). The van der Waals surface area contributed by atoms with Crippen LogP contribution in [0, 0.1) is 6.92 Å². The van der Waals surface area contributed by atoms with E-state index in [9.17, 15) is 18.0 Å². The molecule has 0 aliphatic rings. The number of carbonyl (C=O) groups excluding carboxylic acids is 2. The van der Waals surface area contributed by atoms with Gasteiger partial charge in [0.25, 0.3) is 0 Å². The third-order valence-electron chi connectivity index (χ3n) is 5.48. The van der Waals surface area contributed by atoms with E-state index in [4.69, 9.17) is 11.6 Å². The van der Waals surface area contributed by atoms with Crippen molar-refractivity contribution in [2.24, 2.45) is 0 Å². The number of nitrogens with one attached hydrogen (secondary N) is 1. The molecule has 0 aliphatic heterocycles. The van der Waals surface area contributed by atoms with Gasteiger partial charge in [-0.2, -0.15) is 4.31 Å². The van der Waals surface area contributed by atoms with E-state index >= 15 is 0 Å². The van der Waals surface area contributed by atoms with Crippen molar-refractivity contribution < 1.29 is 18.0 Å². The van der Waals surface area contributed by atoms with Crippen molar-refractivity contribution in [1.82, 2.24) is 14.5 Å². The van der Waals surface area contributed by atoms with E-state index in [0.29, 0.717) is 5.02 Å². The van der Waals surface area contributed by atoms with Crippen LogP contribution < -0.4 is 5.32 Å². The molecule has 0 aliphatic carbocycles. The zero-order valence-corrected chi connectivity index (χ0v) is 21.3. The monoisotopic (exact) mass is 493 g/mol. The number of benzene rings is 2. The Morgan fingerprint density at radius 2 is 1.73 bits per heavy atom. The Bertz CT molecular complexity index is 1070. The molecule has 180 valence electrons. The van der Waals surface area contributed by atoms with Crippen molar-refractivity contribution in [2.45, 2.75) is 57.6 Å². The zero-order valence-electron chi connectivity index (χ0n) is 19.7. The molecule has 0 heterocycles.